The Hall–Kier alpha value is -15.9. The van der Waals surface area contributed by atoms with Gasteiger partial charge in [0.1, 0.15) is 115 Å². The summed E-state index contributed by atoms with van der Waals surface area (Å²) in [5.41, 5.74) is 49.3. The first kappa shape index (κ1) is 118. The zero-order valence-electron chi connectivity index (χ0n) is 78.8. The number of nitrogens with zero attached hydrogens (tertiary/aromatic N) is 5. The van der Waals surface area contributed by atoms with E-state index in [4.69, 9.17) is 56.7 Å². The maximum absolute atomic E-state index is 14.5. The molecule has 5 rings (SSSR count). The second kappa shape index (κ2) is 54.0. The van der Waals surface area contributed by atoms with E-state index in [-0.39, 0.29) is 96.9 Å². The third-order valence-electron chi connectivity index (χ3n) is 23.4. The molecular formula is C82H124N28O33. The number of carboxylic acid groups (broad SMARTS) is 3. The fourth-order valence-electron chi connectivity index (χ4n) is 16.2. The van der Waals surface area contributed by atoms with Crippen LogP contribution in [0.3, 0.4) is 0 Å². The molecule has 0 saturated carbocycles. The Kier molecular flexibility index (Phi) is 44.4. The van der Waals surface area contributed by atoms with E-state index in [9.17, 15) is 154 Å². The number of carboxylic acids is 3. The van der Waals surface area contributed by atoms with Crippen LogP contribution in [0.4, 0.5) is 0 Å². The molecule has 0 aromatic carbocycles. The van der Waals surface area contributed by atoms with E-state index in [0.29, 0.717) is 0 Å². The minimum atomic E-state index is -1.99. The molecule has 61 heteroatoms. The summed E-state index contributed by atoms with van der Waals surface area (Å²) in [5, 5.41) is 59.7. The number of nitrogens with one attached hydrogen (secondary N) is 14. The van der Waals surface area contributed by atoms with Crippen LogP contribution in [0.5, 0.6) is 0 Å². The summed E-state index contributed by atoms with van der Waals surface area (Å²) in [5.74, 6) is -37.2. The molecule has 5 aliphatic heterocycles. The van der Waals surface area contributed by atoms with Gasteiger partial charge in [-0.3, -0.25) is 144 Å². The average molecular weight is 2030 g/mol. The van der Waals surface area contributed by atoms with Gasteiger partial charge in [0.15, 0.2) is 0 Å². The van der Waals surface area contributed by atoms with Crippen molar-refractivity contribution in [2.75, 3.05) is 32.7 Å². The van der Waals surface area contributed by atoms with Crippen LogP contribution in [0, 0.1) is 5.92 Å². The zero-order chi connectivity index (χ0) is 108. The third-order valence-corrected chi connectivity index (χ3v) is 23.4. The van der Waals surface area contributed by atoms with Crippen LogP contribution in [0.15, 0.2) is 0 Å². The van der Waals surface area contributed by atoms with E-state index in [0.717, 1.165) is 52.2 Å². The molecule has 0 spiro atoms. The molecule has 27 amide bonds. The highest BCUT2D eigenvalue weighted by molar-refractivity contribution is 6.06. The molecule has 0 aliphatic carbocycles. The van der Waals surface area contributed by atoms with Gasteiger partial charge in [0, 0.05) is 32.7 Å². The van der Waals surface area contributed by atoms with E-state index in [2.05, 4.69) is 74.4 Å². The van der Waals surface area contributed by atoms with Crippen LogP contribution in [0.2, 0.25) is 0 Å². The van der Waals surface area contributed by atoms with Gasteiger partial charge in [-0.2, -0.15) is 0 Å². The van der Waals surface area contributed by atoms with E-state index >= 15 is 0 Å². The molecule has 143 heavy (non-hydrogen) atoms. The minimum absolute atomic E-state index is 0.0194. The maximum Gasteiger partial charge on any atom is 0.325 e. The van der Waals surface area contributed by atoms with Gasteiger partial charge in [0.05, 0.1) is 70.3 Å². The van der Waals surface area contributed by atoms with Crippen LogP contribution >= 0.6 is 0 Å². The number of carbonyl (C=O) groups is 30. The van der Waals surface area contributed by atoms with Crippen molar-refractivity contribution in [3.63, 3.8) is 0 Å². The van der Waals surface area contributed by atoms with Gasteiger partial charge in [-0.05, 0) is 97.8 Å². The van der Waals surface area contributed by atoms with Crippen LogP contribution in [0.1, 0.15) is 170 Å². The number of primary amides is 8. The number of nitrogens with two attached hydrogens (primary N) is 9. The van der Waals surface area contributed by atoms with Crippen LogP contribution in [-0.4, -0.2) is 371 Å². The molecule has 0 unspecified atom stereocenters. The van der Waals surface area contributed by atoms with Crippen molar-refractivity contribution in [3.05, 3.63) is 0 Å². The monoisotopic (exact) mass is 2030 g/mol. The number of amides is 27. The Morgan fingerprint density at radius 2 is 0.434 bits per heavy atom. The Labute approximate surface area is 813 Å². The zero-order valence-corrected chi connectivity index (χ0v) is 78.8. The summed E-state index contributed by atoms with van der Waals surface area (Å²) >= 11 is 0. The second-order valence-corrected chi connectivity index (χ2v) is 35.2. The lowest BCUT2D eigenvalue weighted by molar-refractivity contribution is -0.146. The van der Waals surface area contributed by atoms with E-state index < -0.39 is 368 Å². The van der Waals surface area contributed by atoms with Gasteiger partial charge in [-0.25, -0.2) is 0 Å². The summed E-state index contributed by atoms with van der Waals surface area (Å²) in [6.07, 6.45) is -9.65. The summed E-state index contributed by atoms with van der Waals surface area (Å²) in [6.45, 7) is 5.90. The fraction of sp³-hybridized carbons (Fsp3) is 0.634. The van der Waals surface area contributed by atoms with Crippen molar-refractivity contribution >= 4 is 177 Å². The van der Waals surface area contributed by atoms with Crippen LogP contribution in [0.25, 0.3) is 0 Å². The Morgan fingerprint density at radius 3 is 0.643 bits per heavy atom. The molecule has 0 aromatic rings. The first-order chi connectivity index (χ1) is 66.7. The maximum atomic E-state index is 14.5. The number of hydrogen-bond donors (Lipinski definition) is 26. The standard InChI is InChI=1S/C82H124N28O33/c1-32(2)62(76(136)104-46(31-61(121)122)81(141)110-21-11-16-51(110)74(134)99-41(26-55(87)114)69(129)95-36(6)82(142)143)105-70(130)42(27-56(88)115)100-75(135)50-15-10-20-109(50)80(140)45(30-59(91)118)103-65(125)35(5)94-68(128)40(25-54(86)113)98-73(133)49-14-9-19-108(49)79(139)44(29-58(90)117)102-64(124)34(4)93-67(127)39(24-53(85)112)97-72(132)48-13-8-18-107(48)78(138)43(28-57(89)116)101-63(123)33(3)92-66(126)38(23-52(84)111)96-71(131)47-12-7-17-106(47)77(137)37(83)22-60(119)120/h32-51,62H,7-31,83H2,1-6H3,(H2,84,111)(H2,85,112)(H2,86,113)(H2,87,114)(H2,88,115)(H2,89,116)(H2,90,117)(H2,91,118)(H,92,126)(H,93,127)(H,94,128)(H,95,129)(H,96,131)(H,97,132)(H,98,133)(H,99,134)(H,100,135)(H,101,123)(H,102,124)(H,103,125)(H,104,136)(H,105,130)(H,119,120)(H,121,122)(H,142,143)/t33-,34-,35-,36-,37-,38-,39-,40-,41-,42-,43-,44-,45-,46-,47-,48-,49-,50-,51-,62-/m0/s1. The molecule has 5 saturated heterocycles. The summed E-state index contributed by atoms with van der Waals surface area (Å²) in [6, 6.07) is -34.7. The topological polar surface area (TPSA) is 992 Å². The molecule has 0 aromatic heterocycles. The molecule has 35 N–H and O–H groups in total. The number of hydrogen-bond acceptors (Lipinski definition) is 31. The van der Waals surface area contributed by atoms with Gasteiger partial charge in [-0.1, -0.05) is 13.8 Å². The first-order valence-electron chi connectivity index (χ1n) is 45.2. The van der Waals surface area contributed by atoms with Crippen molar-refractivity contribution in [1.82, 2.24) is 98.9 Å². The molecule has 0 bridgehead atoms. The van der Waals surface area contributed by atoms with Crippen LogP contribution in [-0.2, 0) is 144 Å². The second-order valence-electron chi connectivity index (χ2n) is 35.2. The molecule has 5 fully saturated rings. The summed E-state index contributed by atoms with van der Waals surface area (Å²) in [7, 11) is 0. The number of aliphatic carboxylic acids is 3. The lowest BCUT2D eigenvalue weighted by Gasteiger charge is -2.31. The van der Waals surface area contributed by atoms with Gasteiger partial charge in [0.25, 0.3) is 0 Å². The van der Waals surface area contributed by atoms with Crippen LogP contribution < -0.4 is 126 Å². The van der Waals surface area contributed by atoms with E-state index in [1.165, 1.54) is 13.8 Å². The largest absolute Gasteiger partial charge is 0.481 e. The quantitative estimate of drug-likeness (QED) is 0.0269. The lowest BCUT2D eigenvalue weighted by atomic mass is 10.0. The van der Waals surface area contributed by atoms with E-state index in [1.807, 2.05) is 0 Å². The Balaban J connectivity index is 1.22. The van der Waals surface area contributed by atoms with Gasteiger partial charge in [-0.15, -0.1) is 0 Å². The van der Waals surface area contributed by atoms with Crippen molar-refractivity contribution in [1.29, 1.82) is 0 Å². The SMILES string of the molecule is CC(C)[C@H](NC(=O)[C@H](CC(N)=O)NC(=O)[C@@H]1CCCN1C(=O)[C@H](CC(N)=O)NC(=O)[C@H](C)NC(=O)[C@H](CC(N)=O)NC(=O)[C@@H]1CCCN1C(=O)[C@H](CC(N)=O)NC(=O)[C@H](C)NC(=O)[C@H](CC(N)=O)NC(=O)[C@@H]1CCCN1C(=O)[C@H](CC(N)=O)NC(=O)[C@H](C)NC(=O)[C@H](CC(N)=O)NC(=O)[C@@H]1CCCN1C(=O)[C@@H](N)CC(=O)O)C(=O)N[C@@H](CC(=O)O)C(=O)N1CCC[C@H]1C(=O)N[C@@H](CC(N)=O)C(=O)N[C@@H](C)C(=O)O. The van der Waals surface area contributed by atoms with Gasteiger partial charge >= 0.3 is 17.9 Å². The molecule has 790 valence electrons. The van der Waals surface area contributed by atoms with Crippen molar-refractivity contribution in [3.8, 4) is 0 Å². The van der Waals surface area contributed by atoms with Crippen molar-refractivity contribution in [2.24, 2.45) is 57.5 Å². The predicted octanol–water partition coefficient (Wildman–Crippen LogP) is -17.2. The first-order valence-corrected chi connectivity index (χ1v) is 45.2. The Morgan fingerprint density at radius 1 is 0.238 bits per heavy atom. The number of rotatable bonds is 55. The normalized spacial score (nSPS) is 19.5. The lowest BCUT2D eigenvalue weighted by Crippen LogP contribution is -2.61. The predicted molar refractivity (Wildman–Crippen MR) is 479 cm³/mol. The smallest absolute Gasteiger partial charge is 0.325 e. The van der Waals surface area contributed by atoms with Crippen molar-refractivity contribution in [2.45, 2.75) is 291 Å². The molecule has 20 atom stereocenters. The molecule has 5 aliphatic rings. The summed E-state index contributed by atoms with van der Waals surface area (Å²) < 4.78 is 0. The molecule has 5 heterocycles. The summed E-state index contributed by atoms with van der Waals surface area (Å²) in [4.78, 5) is 403. The highest BCUT2D eigenvalue weighted by Gasteiger charge is 2.48. The van der Waals surface area contributed by atoms with E-state index in [1.54, 1.807) is 0 Å². The molecule has 0 radical (unpaired) electrons. The molecular weight excluding hydrogens is 1910 g/mol. The number of likely N-dealkylation sites (tertiary alicyclic amines) is 5. The molecule has 61 nitrogen and oxygen atoms in total. The third kappa shape index (κ3) is 35.4. The van der Waals surface area contributed by atoms with Gasteiger partial charge in [0.2, 0.25) is 159 Å². The highest BCUT2D eigenvalue weighted by Crippen LogP contribution is 2.27. The number of carbonyl (C=O) groups excluding carboxylic acids is 27. The minimum Gasteiger partial charge on any atom is -0.481 e. The van der Waals surface area contributed by atoms with Gasteiger partial charge < -0.3 is 166 Å². The average Bonchev–Trinajstić information content (AvgIpc) is 1.79. The Bertz CT molecular complexity index is 4960. The highest BCUT2D eigenvalue weighted by atomic mass is 16.4. The van der Waals surface area contributed by atoms with Crippen molar-refractivity contribution < 1.29 is 159 Å². The fourth-order valence-corrected chi connectivity index (χ4v) is 16.2.